The predicted molar refractivity (Wildman–Crippen MR) is 168 cm³/mol. The van der Waals surface area contributed by atoms with Crippen molar-refractivity contribution in [2.45, 2.75) is 63.7 Å². The molecule has 1 unspecified atom stereocenters. The Morgan fingerprint density at radius 1 is 0.717 bits per heavy atom. The van der Waals surface area contributed by atoms with Gasteiger partial charge in [0.1, 0.15) is 23.4 Å². The second kappa shape index (κ2) is 16.1. The van der Waals surface area contributed by atoms with Gasteiger partial charge < -0.3 is 27.0 Å². The van der Waals surface area contributed by atoms with Crippen molar-refractivity contribution in [3.05, 3.63) is 107 Å². The molecule has 46 heavy (non-hydrogen) atoms. The number of hydrogen-bond acceptors (Lipinski definition) is 6. The van der Waals surface area contributed by atoms with E-state index in [0.29, 0.717) is 11.1 Å². The molecule has 0 spiro atoms. The molecule has 3 aromatic rings. The average molecular weight is 632 g/mol. The van der Waals surface area contributed by atoms with Crippen molar-refractivity contribution < 1.29 is 33.2 Å². The summed E-state index contributed by atoms with van der Waals surface area (Å²) in [6.45, 7) is 4.11. The first kappa shape index (κ1) is 35.1. The monoisotopic (exact) mass is 631 g/mol. The van der Waals surface area contributed by atoms with Crippen molar-refractivity contribution in [1.29, 1.82) is 0 Å². The largest absolute Gasteiger partial charge is 0.368 e. The quantitative estimate of drug-likeness (QED) is 0.158. The highest BCUT2D eigenvalue weighted by Gasteiger charge is 2.34. The van der Waals surface area contributed by atoms with Crippen molar-refractivity contribution in [3.8, 4) is 0 Å². The number of nitrogens with one attached hydrogen (secondary N) is 4. The molecular formula is C34H38FN5O6. The Hall–Kier alpha value is -5.39. The zero-order chi connectivity index (χ0) is 33.9. The van der Waals surface area contributed by atoms with Crippen LogP contribution in [0.25, 0.3) is 0 Å². The number of primary amides is 1. The number of hydrogen-bond donors (Lipinski definition) is 5. The minimum absolute atomic E-state index is 0.00221. The van der Waals surface area contributed by atoms with Gasteiger partial charge in [-0.15, -0.1) is 0 Å². The molecule has 3 atom stereocenters. The van der Waals surface area contributed by atoms with Gasteiger partial charge in [-0.2, -0.15) is 0 Å². The topological polar surface area (TPSA) is 177 Å². The number of carbonyl (C=O) groups is 6. The Balaban J connectivity index is 1.72. The fraction of sp³-hybridized carbons (Fsp3) is 0.294. The number of benzene rings is 3. The lowest BCUT2D eigenvalue weighted by atomic mass is 10.0. The van der Waals surface area contributed by atoms with Gasteiger partial charge in [0, 0.05) is 12.8 Å². The lowest BCUT2D eigenvalue weighted by molar-refractivity contribution is -0.141. The molecule has 0 aliphatic heterocycles. The smallest absolute Gasteiger partial charge is 0.290 e. The fourth-order valence-electron chi connectivity index (χ4n) is 4.46. The van der Waals surface area contributed by atoms with E-state index in [-0.39, 0.29) is 19.3 Å². The number of nitrogens with two attached hydrogens (primary N) is 1. The molecule has 0 radical (unpaired) electrons. The molecule has 12 heteroatoms. The number of rotatable bonds is 15. The highest BCUT2D eigenvalue weighted by atomic mass is 19.1. The van der Waals surface area contributed by atoms with Crippen molar-refractivity contribution >= 4 is 35.3 Å². The molecule has 0 heterocycles. The van der Waals surface area contributed by atoms with Crippen molar-refractivity contribution in [2.75, 3.05) is 0 Å². The molecule has 0 aliphatic rings. The van der Waals surface area contributed by atoms with Crippen LogP contribution in [0.3, 0.4) is 0 Å². The third kappa shape index (κ3) is 10.7. The Bertz CT molecular complexity index is 1560. The van der Waals surface area contributed by atoms with Crippen molar-refractivity contribution in [1.82, 2.24) is 21.3 Å². The maximum absolute atomic E-state index is 13.6. The standard InChI is InChI=1S/C34H38FN5O6/c1-21(29(42)32(45)39-27(19-23-13-8-5-9-14-23)31(44)40-34(2,3)33(36)46)37-30(43)26(18-22-11-6-4-7-12-22)38-28(41)20-24-15-10-16-25(35)17-24/h4-17,21,26-27H,18-20H2,1-3H3,(H2,36,46)(H,37,43)(H,38,41)(H,39,45)(H,40,44)/t21?,26-,27-/m0/s1. The van der Waals surface area contributed by atoms with Crippen LogP contribution < -0.4 is 27.0 Å². The van der Waals surface area contributed by atoms with Crippen molar-refractivity contribution in [2.24, 2.45) is 5.73 Å². The number of amides is 5. The van der Waals surface area contributed by atoms with Crippen LogP contribution in [0.1, 0.15) is 37.5 Å². The van der Waals surface area contributed by atoms with Gasteiger partial charge in [-0.3, -0.25) is 28.8 Å². The SMILES string of the molecule is CC(NC(=O)[C@H](Cc1ccccc1)NC(=O)Cc1cccc(F)c1)C(=O)C(=O)N[C@@H](Cc1ccccc1)C(=O)NC(C)(C)C(N)=O. The summed E-state index contributed by atoms with van der Waals surface area (Å²) in [6, 6.07) is 19.3. The molecule has 0 saturated carbocycles. The normalized spacial score (nSPS) is 13.0. The first-order chi connectivity index (χ1) is 21.7. The van der Waals surface area contributed by atoms with Gasteiger partial charge in [0.05, 0.1) is 12.5 Å². The number of carbonyl (C=O) groups excluding carboxylic acids is 6. The number of Topliss-reactive ketones (excluding diaryl/α,β-unsaturated/α-hetero) is 1. The molecular weight excluding hydrogens is 593 g/mol. The second-order valence-electron chi connectivity index (χ2n) is 11.4. The molecule has 0 aromatic heterocycles. The van der Waals surface area contributed by atoms with E-state index < -0.39 is 64.8 Å². The molecule has 0 fully saturated rings. The average Bonchev–Trinajstić information content (AvgIpc) is 3.00. The minimum atomic E-state index is -1.44. The summed E-state index contributed by atoms with van der Waals surface area (Å²) in [5.41, 5.74) is 5.74. The first-order valence-corrected chi connectivity index (χ1v) is 14.6. The van der Waals surface area contributed by atoms with Crippen LogP contribution in [0.5, 0.6) is 0 Å². The van der Waals surface area contributed by atoms with Crippen LogP contribution in [-0.2, 0) is 48.0 Å². The first-order valence-electron chi connectivity index (χ1n) is 14.6. The van der Waals surface area contributed by atoms with Gasteiger partial charge in [0.15, 0.2) is 0 Å². The van der Waals surface area contributed by atoms with E-state index in [0.717, 1.165) is 5.56 Å². The van der Waals surface area contributed by atoms with Gasteiger partial charge in [-0.25, -0.2) is 4.39 Å². The van der Waals surface area contributed by atoms with Gasteiger partial charge in [0.2, 0.25) is 29.4 Å². The van der Waals surface area contributed by atoms with E-state index in [9.17, 15) is 33.2 Å². The van der Waals surface area contributed by atoms with E-state index in [2.05, 4.69) is 21.3 Å². The van der Waals surface area contributed by atoms with E-state index >= 15 is 0 Å². The van der Waals surface area contributed by atoms with Gasteiger partial charge in [-0.1, -0.05) is 72.8 Å². The Morgan fingerprint density at radius 3 is 1.76 bits per heavy atom. The maximum atomic E-state index is 13.6. The highest BCUT2D eigenvalue weighted by molar-refractivity contribution is 6.38. The molecule has 0 aliphatic carbocycles. The third-order valence-corrected chi connectivity index (χ3v) is 7.12. The maximum Gasteiger partial charge on any atom is 0.290 e. The van der Waals surface area contributed by atoms with E-state index in [4.69, 9.17) is 5.73 Å². The number of ketones is 1. The lowest BCUT2D eigenvalue weighted by Crippen LogP contribution is -2.60. The Labute approximate surface area is 266 Å². The van der Waals surface area contributed by atoms with E-state index in [1.54, 1.807) is 66.7 Å². The van der Waals surface area contributed by atoms with Gasteiger partial charge in [-0.05, 0) is 49.6 Å². The van der Waals surface area contributed by atoms with Gasteiger partial charge >= 0.3 is 0 Å². The number of halogens is 1. The van der Waals surface area contributed by atoms with E-state index in [1.807, 2.05) is 0 Å². The minimum Gasteiger partial charge on any atom is -0.368 e. The summed E-state index contributed by atoms with van der Waals surface area (Å²) in [7, 11) is 0. The van der Waals surface area contributed by atoms with Crippen LogP contribution in [0.15, 0.2) is 84.9 Å². The molecule has 6 N–H and O–H groups in total. The predicted octanol–water partition coefficient (Wildman–Crippen LogP) is 1.28. The van der Waals surface area contributed by atoms with Crippen LogP contribution in [0, 0.1) is 5.82 Å². The summed E-state index contributed by atoms with van der Waals surface area (Å²) in [5, 5.41) is 10.0. The molecule has 11 nitrogen and oxygen atoms in total. The molecule has 5 amide bonds. The lowest BCUT2D eigenvalue weighted by Gasteiger charge is -2.26. The fourth-order valence-corrected chi connectivity index (χ4v) is 4.46. The highest BCUT2D eigenvalue weighted by Crippen LogP contribution is 2.09. The molecule has 3 aromatic carbocycles. The summed E-state index contributed by atoms with van der Waals surface area (Å²) in [6.07, 6.45) is -0.119. The summed E-state index contributed by atoms with van der Waals surface area (Å²) in [4.78, 5) is 77.2. The molecule has 3 rings (SSSR count). The zero-order valence-corrected chi connectivity index (χ0v) is 25.8. The Morgan fingerprint density at radius 2 is 1.24 bits per heavy atom. The third-order valence-electron chi connectivity index (χ3n) is 7.12. The molecule has 0 saturated heterocycles. The van der Waals surface area contributed by atoms with Crippen molar-refractivity contribution in [3.63, 3.8) is 0 Å². The van der Waals surface area contributed by atoms with Crippen LogP contribution in [0.4, 0.5) is 4.39 Å². The van der Waals surface area contributed by atoms with Crippen LogP contribution >= 0.6 is 0 Å². The van der Waals surface area contributed by atoms with E-state index in [1.165, 1.54) is 39.0 Å². The molecule has 0 bridgehead atoms. The summed E-state index contributed by atoms with van der Waals surface area (Å²) >= 11 is 0. The second-order valence-corrected chi connectivity index (χ2v) is 11.4. The Kier molecular flexibility index (Phi) is 12.3. The summed E-state index contributed by atoms with van der Waals surface area (Å²) < 4.78 is 13.6. The summed E-state index contributed by atoms with van der Waals surface area (Å²) in [5.74, 6) is -5.51. The molecule has 242 valence electrons. The van der Waals surface area contributed by atoms with Gasteiger partial charge in [0.25, 0.3) is 5.91 Å². The zero-order valence-electron chi connectivity index (χ0n) is 25.8. The van der Waals surface area contributed by atoms with Crippen LogP contribution in [0.2, 0.25) is 0 Å². The van der Waals surface area contributed by atoms with Crippen LogP contribution in [-0.4, -0.2) is 59.0 Å².